The van der Waals surface area contributed by atoms with Crippen molar-refractivity contribution in [1.82, 2.24) is 15.0 Å². The molecule has 0 saturated carbocycles. The number of pyridine rings is 1. The molecule has 0 aliphatic heterocycles. The summed E-state index contributed by atoms with van der Waals surface area (Å²) in [5.41, 5.74) is 4.77. The van der Waals surface area contributed by atoms with E-state index >= 15 is 0 Å². The van der Waals surface area contributed by atoms with Crippen molar-refractivity contribution in [1.29, 1.82) is 0 Å². The zero-order chi connectivity index (χ0) is 14.8. The molecule has 0 bridgehead atoms. The van der Waals surface area contributed by atoms with Crippen LogP contribution < -0.4 is 0 Å². The lowest BCUT2D eigenvalue weighted by Crippen LogP contribution is -1.95. The Balaban J connectivity index is 1.95. The first-order valence-corrected chi connectivity index (χ1v) is 7.04. The van der Waals surface area contributed by atoms with Crippen molar-refractivity contribution in [2.75, 3.05) is 0 Å². The van der Waals surface area contributed by atoms with Crippen LogP contribution in [-0.2, 0) is 0 Å². The third-order valence-corrected chi connectivity index (χ3v) is 3.40. The lowest BCUT2D eigenvalue weighted by atomic mass is 10.1. The summed E-state index contributed by atoms with van der Waals surface area (Å²) in [7, 11) is 0. The molecular formula is C17H14ClN3. The van der Waals surface area contributed by atoms with Gasteiger partial charge in [-0.05, 0) is 44.2 Å². The summed E-state index contributed by atoms with van der Waals surface area (Å²) < 4.78 is 0. The number of hydrogen-bond donors (Lipinski definition) is 0. The van der Waals surface area contributed by atoms with Gasteiger partial charge in [0.15, 0.2) is 5.82 Å². The number of rotatable bonds is 2. The second-order valence-electron chi connectivity index (χ2n) is 4.91. The molecule has 0 aliphatic carbocycles. The lowest BCUT2D eigenvalue weighted by molar-refractivity contribution is 1.06. The first-order chi connectivity index (χ1) is 10.1. The van der Waals surface area contributed by atoms with Crippen LogP contribution in [0.2, 0.25) is 5.02 Å². The molecule has 3 aromatic rings. The average molecular weight is 296 g/mol. The Morgan fingerprint density at radius 3 is 2.00 bits per heavy atom. The van der Waals surface area contributed by atoms with Crippen molar-refractivity contribution >= 4 is 11.6 Å². The smallest absolute Gasteiger partial charge is 0.161 e. The molecule has 0 N–H and O–H groups in total. The number of benzene rings is 1. The summed E-state index contributed by atoms with van der Waals surface area (Å²) in [6.45, 7) is 3.93. The molecule has 0 unspecified atom stereocenters. The van der Waals surface area contributed by atoms with Crippen molar-refractivity contribution < 1.29 is 0 Å². The van der Waals surface area contributed by atoms with Gasteiger partial charge in [-0.15, -0.1) is 0 Å². The van der Waals surface area contributed by atoms with E-state index < -0.39 is 0 Å². The van der Waals surface area contributed by atoms with Gasteiger partial charge in [0.05, 0.1) is 5.69 Å². The van der Waals surface area contributed by atoms with Crippen molar-refractivity contribution in [3.05, 3.63) is 65.1 Å². The van der Waals surface area contributed by atoms with Crippen LogP contribution in [0.4, 0.5) is 0 Å². The van der Waals surface area contributed by atoms with E-state index in [0.717, 1.165) is 33.2 Å². The third-order valence-electron chi connectivity index (χ3n) is 3.14. The molecule has 0 saturated heterocycles. The Kier molecular flexibility index (Phi) is 3.67. The summed E-state index contributed by atoms with van der Waals surface area (Å²) in [5.74, 6) is 0.711. The van der Waals surface area contributed by atoms with Gasteiger partial charge >= 0.3 is 0 Å². The number of halogens is 1. The Morgan fingerprint density at radius 1 is 0.810 bits per heavy atom. The fourth-order valence-corrected chi connectivity index (χ4v) is 2.30. The molecule has 2 heterocycles. The standard InChI is InChI=1S/C17H14ClN3/c1-11-9-12(2)21-17(20-11)14-5-8-16(19-10-14)13-3-6-15(18)7-4-13/h3-10H,1-2H3. The Hall–Kier alpha value is -2.26. The normalized spacial score (nSPS) is 10.6. The molecule has 2 aromatic heterocycles. The topological polar surface area (TPSA) is 38.7 Å². The van der Waals surface area contributed by atoms with Crippen molar-refractivity contribution in [2.45, 2.75) is 13.8 Å². The van der Waals surface area contributed by atoms with Gasteiger partial charge in [0.2, 0.25) is 0 Å². The minimum absolute atomic E-state index is 0.711. The highest BCUT2D eigenvalue weighted by Crippen LogP contribution is 2.22. The summed E-state index contributed by atoms with van der Waals surface area (Å²) in [6.07, 6.45) is 1.80. The van der Waals surface area contributed by atoms with Crippen LogP contribution in [0.25, 0.3) is 22.6 Å². The molecule has 3 rings (SSSR count). The Bertz CT molecular complexity index is 745. The lowest BCUT2D eigenvalue weighted by Gasteiger charge is -2.05. The molecule has 0 atom stereocenters. The van der Waals surface area contributed by atoms with Crippen molar-refractivity contribution in [3.8, 4) is 22.6 Å². The van der Waals surface area contributed by atoms with Gasteiger partial charge in [-0.1, -0.05) is 23.7 Å². The molecule has 0 spiro atoms. The maximum atomic E-state index is 5.90. The third kappa shape index (κ3) is 3.09. The Labute approximate surface area is 128 Å². The molecule has 1 aromatic carbocycles. The van der Waals surface area contributed by atoms with Crippen LogP contribution in [0.3, 0.4) is 0 Å². The first kappa shape index (κ1) is 13.7. The van der Waals surface area contributed by atoms with E-state index in [4.69, 9.17) is 11.6 Å². The van der Waals surface area contributed by atoms with Crippen LogP contribution in [-0.4, -0.2) is 15.0 Å². The fraction of sp³-hybridized carbons (Fsp3) is 0.118. The van der Waals surface area contributed by atoms with E-state index in [2.05, 4.69) is 15.0 Å². The van der Waals surface area contributed by atoms with Gasteiger partial charge in [0, 0.05) is 33.7 Å². The minimum atomic E-state index is 0.711. The van der Waals surface area contributed by atoms with E-state index in [1.54, 1.807) is 6.20 Å². The van der Waals surface area contributed by atoms with Crippen LogP contribution in [0.5, 0.6) is 0 Å². The van der Waals surface area contributed by atoms with E-state index in [9.17, 15) is 0 Å². The zero-order valence-corrected chi connectivity index (χ0v) is 12.6. The van der Waals surface area contributed by atoms with Crippen LogP contribution in [0.1, 0.15) is 11.4 Å². The van der Waals surface area contributed by atoms with E-state index in [1.165, 1.54) is 0 Å². The number of aryl methyl sites for hydroxylation is 2. The van der Waals surface area contributed by atoms with Gasteiger partial charge in [0.25, 0.3) is 0 Å². The van der Waals surface area contributed by atoms with Gasteiger partial charge < -0.3 is 0 Å². The number of hydrogen-bond acceptors (Lipinski definition) is 3. The van der Waals surface area contributed by atoms with Gasteiger partial charge in [-0.25, -0.2) is 9.97 Å². The van der Waals surface area contributed by atoms with Crippen molar-refractivity contribution in [3.63, 3.8) is 0 Å². The second kappa shape index (κ2) is 5.62. The second-order valence-corrected chi connectivity index (χ2v) is 5.35. The molecule has 3 nitrogen and oxygen atoms in total. The predicted octanol–water partition coefficient (Wildman–Crippen LogP) is 4.48. The molecule has 0 radical (unpaired) electrons. The van der Waals surface area contributed by atoms with Gasteiger partial charge in [-0.3, -0.25) is 4.98 Å². The fourth-order valence-electron chi connectivity index (χ4n) is 2.17. The highest BCUT2D eigenvalue weighted by Gasteiger charge is 2.05. The predicted molar refractivity (Wildman–Crippen MR) is 85.2 cm³/mol. The van der Waals surface area contributed by atoms with E-state index in [0.29, 0.717) is 5.82 Å². The minimum Gasteiger partial charge on any atom is -0.255 e. The largest absolute Gasteiger partial charge is 0.255 e. The van der Waals surface area contributed by atoms with Gasteiger partial charge in [0.1, 0.15) is 0 Å². The molecule has 104 valence electrons. The van der Waals surface area contributed by atoms with Crippen LogP contribution >= 0.6 is 11.6 Å². The highest BCUT2D eigenvalue weighted by atomic mass is 35.5. The van der Waals surface area contributed by atoms with Crippen LogP contribution in [0, 0.1) is 13.8 Å². The average Bonchev–Trinajstić information content (AvgIpc) is 2.47. The van der Waals surface area contributed by atoms with Gasteiger partial charge in [-0.2, -0.15) is 0 Å². The summed E-state index contributed by atoms with van der Waals surface area (Å²) in [4.78, 5) is 13.4. The monoisotopic (exact) mass is 295 g/mol. The molecule has 21 heavy (non-hydrogen) atoms. The molecular weight excluding hydrogens is 282 g/mol. The SMILES string of the molecule is Cc1cc(C)nc(-c2ccc(-c3ccc(Cl)cc3)nc2)n1. The maximum Gasteiger partial charge on any atom is 0.161 e. The first-order valence-electron chi connectivity index (χ1n) is 6.66. The number of nitrogens with zero attached hydrogens (tertiary/aromatic N) is 3. The molecule has 0 aliphatic rings. The highest BCUT2D eigenvalue weighted by molar-refractivity contribution is 6.30. The Morgan fingerprint density at radius 2 is 1.43 bits per heavy atom. The summed E-state index contributed by atoms with van der Waals surface area (Å²) >= 11 is 5.90. The number of aromatic nitrogens is 3. The summed E-state index contributed by atoms with van der Waals surface area (Å²) in [5, 5.41) is 0.721. The zero-order valence-electron chi connectivity index (χ0n) is 11.8. The molecule has 0 fully saturated rings. The summed E-state index contributed by atoms with van der Waals surface area (Å²) in [6, 6.07) is 13.6. The molecule has 4 heteroatoms. The van der Waals surface area contributed by atoms with Crippen molar-refractivity contribution in [2.24, 2.45) is 0 Å². The maximum absolute atomic E-state index is 5.90. The van der Waals surface area contributed by atoms with E-state index in [-0.39, 0.29) is 0 Å². The van der Waals surface area contributed by atoms with Crippen LogP contribution in [0.15, 0.2) is 48.7 Å². The van der Waals surface area contributed by atoms with E-state index in [1.807, 2.05) is 56.3 Å². The quantitative estimate of drug-likeness (QED) is 0.700. The molecule has 0 amide bonds.